The molecule has 1 N–H and O–H groups in total. The van der Waals surface area contributed by atoms with Crippen molar-refractivity contribution in [3.63, 3.8) is 0 Å². The summed E-state index contributed by atoms with van der Waals surface area (Å²) in [5.41, 5.74) is 1.03. The minimum Gasteiger partial charge on any atom is -0.370 e. The number of morpholine rings is 1. The van der Waals surface area contributed by atoms with Gasteiger partial charge in [0.2, 0.25) is 5.91 Å². The number of amides is 1. The average molecular weight is 377 g/mol. The number of carbonyl (C=O) groups excluding carboxylic acids is 1. The number of rotatable bonds is 5. The number of nitrogens with zero attached hydrogens (tertiary/aromatic N) is 2. The van der Waals surface area contributed by atoms with Gasteiger partial charge in [0, 0.05) is 11.3 Å². The number of ether oxygens (including phenoxy) is 1. The molecule has 4 heterocycles. The van der Waals surface area contributed by atoms with E-state index in [1.165, 1.54) is 9.78 Å². The first-order valence-electron chi connectivity index (χ1n) is 8.69. The van der Waals surface area contributed by atoms with Gasteiger partial charge in [0.05, 0.1) is 42.8 Å². The maximum atomic E-state index is 12.9. The zero-order valence-corrected chi connectivity index (χ0v) is 15.7. The van der Waals surface area contributed by atoms with Gasteiger partial charge in [-0.25, -0.2) is 5.01 Å². The van der Waals surface area contributed by atoms with E-state index in [0.29, 0.717) is 6.42 Å². The summed E-state index contributed by atoms with van der Waals surface area (Å²) in [5, 5.41) is 10.6. The molecular weight excluding hydrogens is 354 g/mol. The van der Waals surface area contributed by atoms with E-state index < -0.39 is 0 Å². The molecule has 4 rings (SSSR count). The van der Waals surface area contributed by atoms with Crippen molar-refractivity contribution < 1.29 is 14.4 Å². The summed E-state index contributed by atoms with van der Waals surface area (Å²) in [5.74, 6) is 0.129. The van der Waals surface area contributed by atoms with Crippen LogP contribution in [0, 0.1) is 0 Å². The highest BCUT2D eigenvalue weighted by Crippen LogP contribution is 2.36. The number of hydrazone groups is 1. The van der Waals surface area contributed by atoms with Gasteiger partial charge in [-0.2, -0.15) is 5.10 Å². The van der Waals surface area contributed by atoms with E-state index in [1.54, 1.807) is 27.7 Å². The largest absolute Gasteiger partial charge is 0.370 e. The normalized spacial score (nSPS) is 21.5. The van der Waals surface area contributed by atoms with Crippen LogP contribution in [0.2, 0.25) is 0 Å². The van der Waals surface area contributed by atoms with Gasteiger partial charge in [0.25, 0.3) is 0 Å². The van der Waals surface area contributed by atoms with Gasteiger partial charge in [-0.15, -0.1) is 22.7 Å². The van der Waals surface area contributed by atoms with Crippen LogP contribution in [0.1, 0.15) is 28.6 Å². The van der Waals surface area contributed by atoms with Gasteiger partial charge in [-0.3, -0.25) is 4.79 Å². The van der Waals surface area contributed by atoms with Crippen LogP contribution in [0.5, 0.6) is 0 Å². The first-order chi connectivity index (χ1) is 12.3. The van der Waals surface area contributed by atoms with Gasteiger partial charge in [0.1, 0.15) is 13.1 Å². The highest BCUT2D eigenvalue weighted by molar-refractivity contribution is 7.12. The van der Waals surface area contributed by atoms with Crippen LogP contribution in [0.3, 0.4) is 0 Å². The molecule has 0 bridgehead atoms. The summed E-state index contributed by atoms with van der Waals surface area (Å²) in [6.07, 6.45) is 1.34. The van der Waals surface area contributed by atoms with E-state index in [1.807, 2.05) is 12.1 Å². The predicted octanol–water partition coefficient (Wildman–Crippen LogP) is 1.79. The zero-order valence-electron chi connectivity index (χ0n) is 14.0. The Balaban J connectivity index is 1.48. The maximum absolute atomic E-state index is 12.9. The van der Waals surface area contributed by atoms with Gasteiger partial charge in [-0.05, 0) is 22.9 Å². The van der Waals surface area contributed by atoms with Crippen molar-refractivity contribution >= 4 is 34.3 Å². The van der Waals surface area contributed by atoms with E-state index in [2.05, 4.69) is 22.9 Å². The Morgan fingerprint density at radius 3 is 2.76 bits per heavy atom. The fourth-order valence-corrected chi connectivity index (χ4v) is 4.88. The van der Waals surface area contributed by atoms with Crippen molar-refractivity contribution in [2.24, 2.45) is 5.10 Å². The van der Waals surface area contributed by atoms with Crippen molar-refractivity contribution in [1.29, 1.82) is 0 Å². The lowest BCUT2D eigenvalue weighted by Gasteiger charge is -2.25. The SMILES string of the molecule is O=C(CC[NH+]1CCOCC1)N1N=C(c2cccs2)C[C@@H]1c1cccs1. The zero-order chi connectivity index (χ0) is 17.1. The van der Waals surface area contributed by atoms with E-state index >= 15 is 0 Å². The molecule has 1 fully saturated rings. The van der Waals surface area contributed by atoms with Crippen LogP contribution in [-0.2, 0) is 9.53 Å². The molecule has 1 saturated heterocycles. The van der Waals surface area contributed by atoms with E-state index in [4.69, 9.17) is 9.84 Å². The lowest BCUT2D eigenvalue weighted by molar-refractivity contribution is -0.907. The smallest absolute Gasteiger partial charge is 0.248 e. The van der Waals surface area contributed by atoms with Crippen LogP contribution in [0.15, 0.2) is 40.1 Å². The predicted molar refractivity (Wildman–Crippen MR) is 100 cm³/mol. The van der Waals surface area contributed by atoms with E-state index in [9.17, 15) is 4.79 Å². The summed E-state index contributed by atoms with van der Waals surface area (Å²) < 4.78 is 5.39. The van der Waals surface area contributed by atoms with Crippen LogP contribution >= 0.6 is 22.7 Å². The number of thiophene rings is 2. The molecule has 132 valence electrons. The molecule has 0 aromatic carbocycles. The van der Waals surface area contributed by atoms with Gasteiger partial charge >= 0.3 is 0 Å². The Kier molecular flexibility index (Phi) is 5.26. The summed E-state index contributed by atoms with van der Waals surface area (Å²) in [4.78, 5) is 16.7. The molecular formula is C18H22N3O2S2+. The van der Waals surface area contributed by atoms with Crippen LogP contribution in [-0.4, -0.2) is 49.5 Å². The first-order valence-corrected chi connectivity index (χ1v) is 10.5. The van der Waals surface area contributed by atoms with Crippen LogP contribution in [0.4, 0.5) is 0 Å². The molecule has 0 radical (unpaired) electrons. The summed E-state index contributed by atoms with van der Waals surface area (Å²) in [6, 6.07) is 8.32. The van der Waals surface area contributed by atoms with Crippen molar-refractivity contribution in [2.45, 2.75) is 18.9 Å². The molecule has 1 amide bonds. The number of hydrogen-bond acceptors (Lipinski definition) is 5. The first kappa shape index (κ1) is 16.9. The third-order valence-corrected chi connectivity index (χ3v) is 6.63. The van der Waals surface area contributed by atoms with Crippen molar-refractivity contribution in [3.05, 3.63) is 44.8 Å². The molecule has 0 unspecified atom stereocenters. The summed E-state index contributed by atoms with van der Waals surface area (Å²) in [7, 11) is 0. The number of hydrogen-bond donors (Lipinski definition) is 1. The monoisotopic (exact) mass is 376 g/mol. The fourth-order valence-electron chi connectivity index (χ4n) is 3.34. The Hall–Kier alpha value is -1.54. The molecule has 2 aliphatic heterocycles. The highest BCUT2D eigenvalue weighted by Gasteiger charge is 2.34. The van der Waals surface area contributed by atoms with E-state index in [0.717, 1.165) is 49.9 Å². The van der Waals surface area contributed by atoms with Crippen LogP contribution in [0.25, 0.3) is 0 Å². The molecule has 1 atom stereocenters. The molecule has 0 spiro atoms. The van der Waals surface area contributed by atoms with Gasteiger partial charge < -0.3 is 9.64 Å². The third kappa shape index (κ3) is 3.84. The minimum atomic E-state index is 0.0456. The molecule has 25 heavy (non-hydrogen) atoms. The second-order valence-electron chi connectivity index (χ2n) is 6.36. The second kappa shape index (κ2) is 7.78. The summed E-state index contributed by atoms with van der Waals surface area (Å²) >= 11 is 3.39. The number of quaternary nitrogens is 1. The minimum absolute atomic E-state index is 0.0456. The molecule has 7 heteroatoms. The lowest BCUT2D eigenvalue weighted by atomic mass is 10.1. The molecule has 2 aliphatic rings. The van der Waals surface area contributed by atoms with Gasteiger partial charge in [0.15, 0.2) is 0 Å². The molecule has 0 saturated carbocycles. The Morgan fingerprint density at radius 2 is 2.04 bits per heavy atom. The third-order valence-electron chi connectivity index (χ3n) is 4.74. The van der Waals surface area contributed by atoms with Gasteiger partial charge in [-0.1, -0.05) is 12.1 Å². The Bertz CT molecular complexity index is 722. The second-order valence-corrected chi connectivity index (χ2v) is 8.29. The number of carbonyl (C=O) groups is 1. The van der Waals surface area contributed by atoms with Crippen molar-refractivity contribution in [3.8, 4) is 0 Å². The van der Waals surface area contributed by atoms with Crippen LogP contribution < -0.4 is 4.90 Å². The molecule has 5 nitrogen and oxygen atoms in total. The lowest BCUT2D eigenvalue weighted by Crippen LogP contribution is -3.14. The summed E-state index contributed by atoms with van der Waals surface area (Å²) in [6.45, 7) is 4.44. The molecule has 2 aromatic heterocycles. The molecule has 0 aliphatic carbocycles. The molecule has 2 aromatic rings. The number of nitrogens with one attached hydrogen (secondary N) is 1. The van der Waals surface area contributed by atoms with Crippen molar-refractivity contribution in [2.75, 3.05) is 32.8 Å². The van der Waals surface area contributed by atoms with Crippen molar-refractivity contribution in [1.82, 2.24) is 5.01 Å². The average Bonchev–Trinajstić information content (AvgIpc) is 3.40. The fraction of sp³-hybridized carbons (Fsp3) is 0.444. The quantitative estimate of drug-likeness (QED) is 0.865. The Labute approximate surface area is 155 Å². The standard InChI is InChI=1S/C18H21N3O2S2/c22-18(5-6-20-7-9-23-10-8-20)21-15(17-4-2-12-25-17)13-14(19-21)16-3-1-11-24-16/h1-4,11-12,15H,5-10,13H2/p+1/t15-/m1/s1. The Morgan fingerprint density at radius 1 is 1.24 bits per heavy atom. The highest BCUT2D eigenvalue weighted by atomic mass is 32.1. The topological polar surface area (TPSA) is 46.3 Å². The maximum Gasteiger partial charge on any atom is 0.248 e. The van der Waals surface area contributed by atoms with E-state index in [-0.39, 0.29) is 11.9 Å².